The molecule has 8 N–H and O–H groups in total. The Bertz CT molecular complexity index is 9.65. The molecule has 0 bridgehead atoms. The second kappa shape index (κ2) is 49.4. The van der Waals surface area contributed by atoms with Gasteiger partial charge in [0, 0.05) is 137 Å². The first-order valence-corrected chi connectivity index (χ1v) is 0. The van der Waals surface area contributed by atoms with Crippen LogP contribution in [-0.2, 0) is 21.1 Å². The zero-order valence-corrected chi connectivity index (χ0v) is 16.2. The summed E-state index contributed by atoms with van der Waals surface area (Å²) in [7, 11) is 0. The summed E-state index contributed by atoms with van der Waals surface area (Å²) in [5, 5.41) is 0. The molecule has 0 spiro atoms. The minimum absolute atomic E-state index is 0. The molecular formula is H8MoO4Rb2. The standard InChI is InChI=1S/Mo.4H2O.2Rb/h;4*1H2;;. The molecule has 0 heterocycles. The van der Waals surface area contributed by atoms with E-state index in [1.807, 2.05) is 0 Å². The van der Waals surface area contributed by atoms with Gasteiger partial charge in [0.15, 0.2) is 0 Å². The zero-order chi connectivity index (χ0) is 0. The van der Waals surface area contributed by atoms with E-state index < -0.39 is 0 Å². The average Bonchev–Trinajstić information content (AvgIpc) is 0. The Kier molecular flexibility index (Phi) is 472. The van der Waals surface area contributed by atoms with Crippen LogP contribution >= 0.6 is 0 Å². The van der Waals surface area contributed by atoms with Crippen LogP contribution in [0.2, 0.25) is 0 Å². The van der Waals surface area contributed by atoms with Crippen molar-refractivity contribution in [2.24, 2.45) is 0 Å². The topological polar surface area (TPSA) is 126 Å². The van der Waals surface area contributed by atoms with Crippen molar-refractivity contribution >= 4 is 116 Å². The first-order chi connectivity index (χ1) is 0. The maximum absolute atomic E-state index is 0. The number of hydrogen-bond acceptors (Lipinski definition) is 0. The zero-order valence-electron chi connectivity index (χ0n) is 4.41. The molecule has 0 aliphatic heterocycles. The first kappa shape index (κ1) is 66.8. The van der Waals surface area contributed by atoms with Crippen LogP contribution in [0.15, 0.2) is 0 Å². The third kappa shape index (κ3) is 39.2. The molecule has 2 radical (unpaired) electrons. The summed E-state index contributed by atoms with van der Waals surface area (Å²) in [6.45, 7) is 0. The van der Waals surface area contributed by atoms with Crippen LogP contribution in [0.25, 0.3) is 0 Å². The Balaban J connectivity index is 0. The van der Waals surface area contributed by atoms with E-state index in [1.165, 1.54) is 0 Å². The van der Waals surface area contributed by atoms with E-state index in [1.54, 1.807) is 0 Å². The Labute approximate surface area is 154 Å². The van der Waals surface area contributed by atoms with Crippen molar-refractivity contribution in [3.05, 3.63) is 0 Å². The molecule has 0 fully saturated rings. The van der Waals surface area contributed by atoms with Gasteiger partial charge in [-0.25, -0.2) is 0 Å². The molecule has 0 atom stereocenters. The van der Waals surface area contributed by atoms with Crippen LogP contribution in [0.3, 0.4) is 0 Å². The molecule has 4 nitrogen and oxygen atoms in total. The van der Waals surface area contributed by atoms with Gasteiger partial charge in [-0.3, -0.25) is 0 Å². The van der Waals surface area contributed by atoms with Gasteiger partial charge in [-0.2, -0.15) is 0 Å². The molecule has 0 saturated carbocycles. The largest absolute Gasteiger partial charge is 0.412 e. The van der Waals surface area contributed by atoms with Gasteiger partial charge < -0.3 is 21.9 Å². The van der Waals surface area contributed by atoms with Gasteiger partial charge in [0.2, 0.25) is 0 Å². The molecule has 0 aliphatic carbocycles. The summed E-state index contributed by atoms with van der Waals surface area (Å²) >= 11 is 0. The predicted octanol–water partition coefficient (Wildman–Crippen LogP) is -4.06. The summed E-state index contributed by atoms with van der Waals surface area (Å²) in [6.07, 6.45) is 0. The fourth-order valence-corrected chi connectivity index (χ4v) is 0. The Morgan fingerprint density at radius 1 is 0.429 bits per heavy atom. The van der Waals surface area contributed by atoms with Crippen LogP contribution in [0, 0.1) is 0 Å². The molecule has 7 heavy (non-hydrogen) atoms. The quantitative estimate of drug-likeness (QED) is 0.398. The van der Waals surface area contributed by atoms with E-state index in [-0.39, 0.29) is 159 Å². The summed E-state index contributed by atoms with van der Waals surface area (Å²) < 4.78 is 0. The molecule has 0 aliphatic rings. The van der Waals surface area contributed by atoms with E-state index in [2.05, 4.69) is 0 Å². The minimum atomic E-state index is 0. The van der Waals surface area contributed by atoms with Crippen molar-refractivity contribution in [3.63, 3.8) is 0 Å². The number of hydrogen-bond donors (Lipinski definition) is 0. The maximum atomic E-state index is 0. The molecular weight excluding hydrogens is 331 g/mol. The second-order valence-electron chi connectivity index (χ2n) is 0. The summed E-state index contributed by atoms with van der Waals surface area (Å²) in [4.78, 5) is 0. The van der Waals surface area contributed by atoms with Crippen molar-refractivity contribution in [3.8, 4) is 0 Å². The molecule has 7 heteroatoms. The van der Waals surface area contributed by atoms with Crippen LogP contribution < -0.4 is 0 Å². The number of rotatable bonds is 0. The van der Waals surface area contributed by atoms with Crippen molar-refractivity contribution < 1.29 is 43.0 Å². The van der Waals surface area contributed by atoms with Gasteiger partial charge in [-0.05, 0) is 0 Å². The molecule has 0 aromatic carbocycles. The Morgan fingerprint density at radius 2 is 0.429 bits per heavy atom. The van der Waals surface area contributed by atoms with Crippen molar-refractivity contribution in [1.29, 1.82) is 0 Å². The van der Waals surface area contributed by atoms with Crippen LogP contribution in [0.5, 0.6) is 0 Å². The molecule has 0 aromatic rings. The van der Waals surface area contributed by atoms with Crippen molar-refractivity contribution in [2.45, 2.75) is 0 Å². The van der Waals surface area contributed by atoms with Gasteiger partial charge in [-0.1, -0.05) is 0 Å². The summed E-state index contributed by atoms with van der Waals surface area (Å²) in [5.41, 5.74) is 0. The second-order valence-corrected chi connectivity index (χ2v) is 0. The van der Waals surface area contributed by atoms with Gasteiger partial charge >= 0.3 is 0 Å². The normalized spacial score (nSPS) is 0. The molecule has 0 rings (SSSR count). The van der Waals surface area contributed by atoms with E-state index >= 15 is 0 Å². The minimum Gasteiger partial charge on any atom is -0.412 e. The molecule has 0 unspecified atom stereocenters. The van der Waals surface area contributed by atoms with E-state index in [9.17, 15) is 0 Å². The van der Waals surface area contributed by atoms with E-state index in [4.69, 9.17) is 0 Å². The van der Waals surface area contributed by atoms with Crippen LogP contribution in [0.4, 0.5) is 0 Å². The van der Waals surface area contributed by atoms with Crippen molar-refractivity contribution in [2.75, 3.05) is 0 Å². The summed E-state index contributed by atoms with van der Waals surface area (Å²) in [5.74, 6) is 0. The Hall–Kier alpha value is 4.14. The SMILES string of the molecule is O.O.O.O.[Mo].[Rb].[Rb]. The van der Waals surface area contributed by atoms with Crippen LogP contribution in [0.1, 0.15) is 0 Å². The first-order valence-electron chi connectivity index (χ1n) is 0. The Morgan fingerprint density at radius 3 is 0.429 bits per heavy atom. The monoisotopic (exact) mass is 340 g/mol. The van der Waals surface area contributed by atoms with E-state index in [0.29, 0.717) is 0 Å². The van der Waals surface area contributed by atoms with Gasteiger partial charge in [0.1, 0.15) is 0 Å². The average molecular weight is 339 g/mol. The molecule has 0 saturated heterocycles. The predicted molar refractivity (Wildman–Crippen MR) is 26.0 cm³/mol. The molecule has 0 aromatic heterocycles. The van der Waals surface area contributed by atoms with Crippen LogP contribution in [-0.4, -0.2) is 138 Å². The van der Waals surface area contributed by atoms with Gasteiger partial charge in [-0.15, -0.1) is 0 Å². The van der Waals surface area contributed by atoms with Gasteiger partial charge in [0.05, 0.1) is 0 Å². The fourth-order valence-electron chi connectivity index (χ4n) is 0. The maximum Gasteiger partial charge on any atom is 0 e. The summed E-state index contributed by atoms with van der Waals surface area (Å²) in [6, 6.07) is 0. The smallest absolute Gasteiger partial charge is 0 e. The third-order valence-corrected chi connectivity index (χ3v) is 0. The third-order valence-electron chi connectivity index (χ3n) is 0. The molecule has 0 amide bonds. The van der Waals surface area contributed by atoms with Gasteiger partial charge in [0.25, 0.3) is 0 Å². The van der Waals surface area contributed by atoms with Crippen molar-refractivity contribution in [1.82, 2.24) is 0 Å². The molecule has 40 valence electrons. The van der Waals surface area contributed by atoms with E-state index in [0.717, 1.165) is 0 Å². The fraction of sp³-hybridized carbons (Fsp3) is 0.